The van der Waals surface area contributed by atoms with Crippen molar-refractivity contribution < 1.29 is 34.4 Å². The van der Waals surface area contributed by atoms with E-state index in [-0.39, 0.29) is 5.91 Å². The first kappa shape index (κ1) is 25.4. The van der Waals surface area contributed by atoms with Gasteiger partial charge >= 0.3 is 11.9 Å². The fourth-order valence-electron chi connectivity index (χ4n) is 2.03. The monoisotopic (exact) mass is 398 g/mol. The van der Waals surface area contributed by atoms with Crippen LogP contribution in [0.25, 0.3) is 0 Å². The van der Waals surface area contributed by atoms with Crippen molar-refractivity contribution >= 4 is 17.8 Å². The predicted octanol–water partition coefficient (Wildman–Crippen LogP) is 0.868. The lowest BCUT2D eigenvalue weighted by atomic mass is 10.2. The number of carbonyl (C=O) groups excluding carboxylic acids is 1. The van der Waals surface area contributed by atoms with E-state index in [4.69, 9.17) is 24.5 Å². The third-order valence-corrected chi connectivity index (χ3v) is 3.40. The van der Waals surface area contributed by atoms with Gasteiger partial charge in [-0.3, -0.25) is 4.79 Å². The molecule has 1 aromatic carbocycles. The van der Waals surface area contributed by atoms with Crippen LogP contribution in [0.1, 0.15) is 32.6 Å². The van der Waals surface area contributed by atoms with Crippen LogP contribution in [0.5, 0.6) is 5.75 Å². The van der Waals surface area contributed by atoms with E-state index in [1.807, 2.05) is 30.3 Å². The van der Waals surface area contributed by atoms with Gasteiger partial charge < -0.3 is 30.7 Å². The van der Waals surface area contributed by atoms with Crippen molar-refractivity contribution in [2.24, 2.45) is 0 Å². The van der Waals surface area contributed by atoms with Gasteiger partial charge in [0.1, 0.15) is 18.5 Å². The van der Waals surface area contributed by atoms with E-state index in [0.717, 1.165) is 44.5 Å². The lowest BCUT2D eigenvalue weighted by molar-refractivity contribution is -0.159. The molecule has 5 N–H and O–H groups in total. The summed E-state index contributed by atoms with van der Waals surface area (Å²) in [6.07, 6.45) is 3.84. The number of para-hydroxylation sites is 1. The van der Waals surface area contributed by atoms with E-state index in [0.29, 0.717) is 13.2 Å². The van der Waals surface area contributed by atoms with E-state index in [2.05, 4.69) is 10.6 Å². The zero-order chi connectivity index (χ0) is 21.2. The van der Waals surface area contributed by atoms with Gasteiger partial charge in [-0.2, -0.15) is 0 Å². The van der Waals surface area contributed by atoms with Gasteiger partial charge in [0.05, 0.1) is 0 Å². The minimum Gasteiger partial charge on any atom is -0.491 e. The average molecular weight is 398 g/mol. The topological polar surface area (TPSA) is 145 Å². The number of benzene rings is 1. The molecule has 9 nitrogen and oxygen atoms in total. The first-order valence-corrected chi connectivity index (χ1v) is 9.10. The van der Waals surface area contributed by atoms with Crippen LogP contribution in [0, 0.1) is 0 Å². The Hall–Kier alpha value is -2.65. The number of hydrogen-bond acceptors (Lipinski definition) is 6. The maximum atomic E-state index is 10.7. The number of carboxylic acid groups (broad SMARTS) is 2. The van der Waals surface area contributed by atoms with Crippen LogP contribution in [0.15, 0.2) is 30.3 Å². The van der Waals surface area contributed by atoms with Crippen molar-refractivity contribution in [1.82, 2.24) is 10.6 Å². The number of aliphatic carboxylic acids is 2. The minimum absolute atomic E-state index is 0.0355. The van der Waals surface area contributed by atoms with E-state index < -0.39 is 18.0 Å². The van der Waals surface area contributed by atoms with Gasteiger partial charge in [-0.25, -0.2) is 9.59 Å². The van der Waals surface area contributed by atoms with Crippen molar-refractivity contribution in [3.63, 3.8) is 0 Å². The molecule has 158 valence electrons. The Balaban J connectivity index is 0.00000105. The van der Waals surface area contributed by atoms with Crippen LogP contribution < -0.4 is 15.4 Å². The smallest absolute Gasteiger partial charge is 0.414 e. The molecule has 1 atom stereocenters. The fraction of sp³-hybridized carbons (Fsp3) is 0.526. The highest BCUT2D eigenvalue weighted by molar-refractivity contribution is 6.27. The van der Waals surface area contributed by atoms with E-state index in [9.17, 15) is 9.90 Å². The number of carboxylic acids is 2. The first-order valence-electron chi connectivity index (χ1n) is 9.10. The van der Waals surface area contributed by atoms with Crippen molar-refractivity contribution in [3.8, 4) is 5.75 Å². The Morgan fingerprint density at radius 3 is 2.07 bits per heavy atom. The number of rotatable bonds is 12. The second-order valence-corrected chi connectivity index (χ2v) is 5.99. The predicted molar refractivity (Wildman–Crippen MR) is 103 cm³/mol. The molecule has 9 heteroatoms. The number of amides is 1. The van der Waals surface area contributed by atoms with Gasteiger partial charge in [-0.15, -0.1) is 0 Å². The van der Waals surface area contributed by atoms with E-state index >= 15 is 0 Å². The zero-order valence-corrected chi connectivity index (χ0v) is 16.1. The van der Waals surface area contributed by atoms with E-state index in [1.165, 1.54) is 6.92 Å². The molecule has 0 bridgehead atoms. The third kappa shape index (κ3) is 16.8. The highest BCUT2D eigenvalue weighted by Gasteiger charge is 2.05. The van der Waals surface area contributed by atoms with Crippen molar-refractivity contribution in [2.45, 2.75) is 38.7 Å². The molecule has 0 spiro atoms. The summed E-state index contributed by atoms with van der Waals surface area (Å²) in [4.78, 5) is 28.9. The molecule has 0 heterocycles. The molecule has 0 aliphatic rings. The van der Waals surface area contributed by atoms with Crippen molar-refractivity contribution in [3.05, 3.63) is 30.3 Å². The summed E-state index contributed by atoms with van der Waals surface area (Å²) in [5.74, 6) is -2.83. The molecule has 0 aliphatic heterocycles. The van der Waals surface area contributed by atoms with Gasteiger partial charge in [-0.05, 0) is 31.5 Å². The molecule has 0 aliphatic carbocycles. The molecule has 0 radical (unpaired) electrons. The SMILES string of the molecule is CC(=O)NCCCCCCNCC(O)COc1ccccc1.O=C(O)C(=O)O. The fourth-order valence-corrected chi connectivity index (χ4v) is 2.03. The maximum Gasteiger partial charge on any atom is 0.414 e. The first-order chi connectivity index (χ1) is 13.3. The molecule has 1 unspecified atom stereocenters. The summed E-state index contributed by atoms with van der Waals surface area (Å²) < 4.78 is 5.49. The van der Waals surface area contributed by atoms with Crippen LogP contribution >= 0.6 is 0 Å². The second-order valence-electron chi connectivity index (χ2n) is 5.99. The zero-order valence-electron chi connectivity index (χ0n) is 16.1. The Bertz CT molecular complexity index is 555. The Kier molecular flexibility index (Phi) is 15.0. The summed E-state index contributed by atoms with van der Waals surface area (Å²) in [5, 5.41) is 30.6. The highest BCUT2D eigenvalue weighted by atomic mass is 16.5. The Labute approximate surface area is 164 Å². The highest BCUT2D eigenvalue weighted by Crippen LogP contribution is 2.08. The molecular weight excluding hydrogens is 368 g/mol. The maximum absolute atomic E-state index is 10.7. The second kappa shape index (κ2) is 16.5. The molecule has 1 aromatic rings. The number of unbranched alkanes of at least 4 members (excludes halogenated alkanes) is 3. The summed E-state index contributed by atoms with van der Waals surface area (Å²) in [6, 6.07) is 9.50. The molecule has 0 saturated heterocycles. The van der Waals surface area contributed by atoms with E-state index in [1.54, 1.807) is 0 Å². The molecule has 0 aromatic heterocycles. The van der Waals surface area contributed by atoms with Gasteiger partial charge in [-0.1, -0.05) is 31.0 Å². The van der Waals surface area contributed by atoms with Crippen LogP contribution in [-0.2, 0) is 14.4 Å². The summed E-state index contributed by atoms with van der Waals surface area (Å²) in [5.41, 5.74) is 0. The number of hydrogen-bond donors (Lipinski definition) is 5. The molecular formula is C19H30N2O7. The quantitative estimate of drug-likeness (QED) is 0.258. The number of nitrogens with one attached hydrogen (secondary N) is 2. The largest absolute Gasteiger partial charge is 0.491 e. The standard InChI is InChI=1S/C17H28N2O3.C2H2O4/c1-15(20)19-12-8-3-2-7-11-18-13-16(21)14-22-17-9-5-4-6-10-17;3-1(4)2(5)6/h4-6,9-10,16,18,21H,2-3,7-8,11-14H2,1H3,(H,19,20);(H,3,4)(H,5,6). The lowest BCUT2D eigenvalue weighted by Crippen LogP contribution is -2.32. The average Bonchev–Trinajstić information content (AvgIpc) is 2.66. The number of carbonyl (C=O) groups is 3. The summed E-state index contributed by atoms with van der Waals surface area (Å²) in [7, 11) is 0. The van der Waals surface area contributed by atoms with Gasteiger partial charge in [0.2, 0.25) is 5.91 Å². The normalized spacial score (nSPS) is 10.9. The molecule has 0 fully saturated rings. The molecule has 28 heavy (non-hydrogen) atoms. The van der Waals surface area contributed by atoms with Crippen LogP contribution in [0.3, 0.4) is 0 Å². The van der Waals surface area contributed by atoms with Crippen molar-refractivity contribution in [1.29, 1.82) is 0 Å². The summed E-state index contributed by atoms with van der Waals surface area (Å²) in [6.45, 7) is 4.03. The molecule has 1 amide bonds. The Morgan fingerprint density at radius 2 is 1.54 bits per heavy atom. The van der Waals surface area contributed by atoms with Gasteiger partial charge in [0.15, 0.2) is 0 Å². The van der Waals surface area contributed by atoms with Gasteiger partial charge in [0, 0.05) is 20.0 Å². The Morgan fingerprint density at radius 1 is 0.964 bits per heavy atom. The summed E-state index contributed by atoms with van der Waals surface area (Å²) >= 11 is 0. The minimum atomic E-state index is -1.82. The van der Waals surface area contributed by atoms with Crippen LogP contribution in [0.4, 0.5) is 0 Å². The van der Waals surface area contributed by atoms with Crippen LogP contribution in [-0.4, -0.2) is 65.5 Å². The number of aliphatic hydroxyl groups excluding tert-OH is 1. The number of ether oxygens (including phenoxy) is 1. The van der Waals surface area contributed by atoms with Crippen molar-refractivity contribution in [2.75, 3.05) is 26.2 Å². The molecule has 1 rings (SSSR count). The number of aliphatic hydroxyl groups is 1. The lowest BCUT2D eigenvalue weighted by Gasteiger charge is -2.13. The molecule has 0 saturated carbocycles. The van der Waals surface area contributed by atoms with Crippen LogP contribution in [0.2, 0.25) is 0 Å². The third-order valence-electron chi connectivity index (χ3n) is 3.40. The van der Waals surface area contributed by atoms with Gasteiger partial charge in [0.25, 0.3) is 0 Å².